The first-order valence-electron chi connectivity index (χ1n) is 6.06. The van der Waals surface area contributed by atoms with Gasteiger partial charge in [-0.1, -0.05) is 0 Å². The van der Waals surface area contributed by atoms with Crippen molar-refractivity contribution in [1.82, 2.24) is 5.32 Å². The Bertz CT molecular complexity index is 437. The molecule has 1 fully saturated rings. The van der Waals surface area contributed by atoms with Crippen LogP contribution in [-0.4, -0.2) is 25.6 Å². The van der Waals surface area contributed by atoms with Crippen LogP contribution in [0.1, 0.15) is 19.3 Å². The largest absolute Gasteiger partial charge is 0.494 e. The molecule has 18 heavy (non-hydrogen) atoms. The van der Waals surface area contributed by atoms with E-state index in [1.807, 2.05) is 0 Å². The average molecular weight is 252 g/mol. The van der Waals surface area contributed by atoms with Gasteiger partial charge in [0.05, 0.1) is 12.8 Å². The Morgan fingerprint density at radius 1 is 1.50 bits per heavy atom. The predicted molar refractivity (Wildman–Crippen MR) is 67.2 cm³/mol. The lowest BCUT2D eigenvalue weighted by Gasteiger charge is -2.18. The van der Waals surface area contributed by atoms with E-state index in [-0.39, 0.29) is 17.8 Å². The fraction of sp³-hybridized carbons (Fsp3) is 0.462. The van der Waals surface area contributed by atoms with Crippen LogP contribution in [0.2, 0.25) is 0 Å². The van der Waals surface area contributed by atoms with E-state index in [1.54, 1.807) is 6.07 Å². The molecule has 2 N–H and O–H groups in total. The molecule has 1 aliphatic heterocycles. The number of ether oxygens (including phenoxy) is 1. The fourth-order valence-corrected chi connectivity index (χ4v) is 2.10. The lowest BCUT2D eigenvalue weighted by Crippen LogP contribution is -2.26. The van der Waals surface area contributed by atoms with Crippen LogP contribution in [0.4, 0.5) is 10.1 Å². The number of hydrogen-bond donors (Lipinski definition) is 2. The SMILES string of the molecule is COc1cc(F)ccc1NC1CCCNC(=O)C1. The topological polar surface area (TPSA) is 50.4 Å². The summed E-state index contributed by atoms with van der Waals surface area (Å²) in [7, 11) is 1.50. The molecule has 0 radical (unpaired) electrons. The molecule has 98 valence electrons. The van der Waals surface area contributed by atoms with E-state index < -0.39 is 0 Å². The van der Waals surface area contributed by atoms with Crippen molar-refractivity contribution in [1.29, 1.82) is 0 Å². The summed E-state index contributed by atoms with van der Waals surface area (Å²) in [6.07, 6.45) is 2.27. The number of amides is 1. The molecule has 1 aromatic carbocycles. The second kappa shape index (κ2) is 5.71. The summed E-state index contributed by atoms with van der Waals surface area (Å²) in [6.45, 7) is 0.720. The van der Waals surface area contributed by atoms with Crippen molar-refractivity contribution in [3.8, 4) is 5.75 Å². The molecule has 1 heterocycles. The smallest absolute Gasteiger partial charge is 0.222 e. The van der Waals surface area contributed by atoms with Gasteiger partial charge in [-0.2, -0.15) is 0 Å². The molecule has 4 nitrogen and oxygen atoms in total. The normalized spacial score (nSPS) is 19.9. The van der Waals surface area contributed by atoms with Gasteiger partial charge in [0.2, 0.25) is 5.91 Å². The third-order valence-electron chi connectivity index (χ3n) is 3.01. The fourth-order valence-electron chi connectivity index (χ4n) is 2.10. The second-order valence-electron chi connectivity index (χ2n) is 4.38. The van der Waals surface area contributed by atoms with Crippen molar-refractivity contribution < 1.29 is 13.9 Å². The lowest BCUT2D eigenvalue weighted by molar-refractivity contribution is -0.120. The molecule has 0 spiro atoms. The molecule has 1 unspecified atom stereocenters. The molecular weight excluding hydrogens is 235 g/mol. The monoisotopic (exact) mass is 252 g/mol. The van der Waals surface area contributed by atoms with Gasteiger partial charge in [-0.05, 0) is 25.0 Å². The molecule has 5 heteroatoms. The number of halogens is 1. The number of benzene rings is 1. The molecule has 1 amide bonds. The molecule has 0 aromatic heterocycles. The maximum absolute atomic E-state index is 13.1. The average Bonchev–Trinajstić information content (AvgIpc) is 2.56. The molecule has 1 atom stereocenters. The Morgan fingerprint density at radius 2 is 2.33 bits per heavy atom. The maximum atomic E-state index is 13.1. The molecular formula is C13H17FN2O2. The zero-order valence-electron chi connectivity index (χ0n) is 10.3. The van der Waals surface area contributed by atoms with Gasteiger partial charge in [-0.15, -0.1) is 0 Å². The van der Waals surface area contributed by atoms with Crippen molar-refractivity contribution in [3.63, 3.8) is 0 Å². The Hall–Kier alpha value is -1.78. The van der Waals surface area contributed by atoms with Crippen molar-refractivity contribution in [2.45, 2.75) is 25.3 Å². The van der Waals surface area contributed by atoms with Gasteiger partial charge in [0, 0.05) is 25.1 Å². The number of carbonyl (C=O) groups excluding carboxylic acids is 1. The van der Waals surface area contributed by atoms with Gasteiger partial charge in [-0.3, -0.25) is 4.79 Å². The van der Waals surface area contributed by atoms with E-state index in [1.165, 1.54) is 19.2 Å². The zero-order chi connectivity index (χ0) is 13.0. The first-order chi connectivity index (χ1) is 8.69. The van der Waals surface area contributed by atoms with Crippen LogP contribution in [0.5, 0.6) is 5.75 Å². The first-order valence-corrected chi connectivity index (χ1v) is 6.06. The van der Waals surface area contributed by atoms with Crippen LogP contribution in [-0.2, 0) is 4.79 Å². The quantitative estimate of drug-likeness (QED) is 0.864. The summed E-state index contributed by atoms with van der Waals surface area (Å²) in [4.78, 5) is 11.4. The van der Waals surface area contributed by atoms with E-state index in [0.29, 0.717) is 12.2 Å². The van der Waals surface area contributed by atoms with Crippen molar-refractivity contribution in [3.05, 3.63) is 24.0 Å². The molecule has 1 saturated heterocycles. The lowest BCUT2D eigenvalue weighted by atomic mass is 10.1. The number of anilines is 1. The van der Waals surface area contributed by atoms with Crippen molar-refractivity contribution in [2.24, 2.45) is 0 Å². The number of carbonyl (C=O) groups is 1. The van der Waals surface area contributed by atoms with Crippen LogP contribution >= 0.6 is 0 Å². The van der Waals surface area contributed by atoms with Crippen LogP contribution in [0.15, 0.2) is 18.2 Å². The van der Waals surface area contributed by atoms with E-state index in [4.69, 9.17) is 4.74 Å². The standard InChI is InChI=1S/C13H17FN2O2/c1-18-12-7-9(14)4-5-11(12)16-10-3-2-6-15-13(17)8-10/h4-5,7,10,16H,2-3,6,8H2,1H3,(H,15,17). The van der Waals surface area contributed by atoms with Crippen LogP contribution in [0.3, 0.4) is 0 Å². The molecule has 0 aliphatic carbocycles. The number of hydrogen-bond acceptors (Lipinski definition) is 3. The summed E-state index contributed by atoms with van der Waals surface area (Å²) in [6, 6.07) is 4.41. The highest BCUT2D eigenvalue weighted by Gasteiger charge is 2.18. The summed E-state index contributed by atoms with van der Waals surface area (Å²) in [5, 5.41) is 6.07. The van der Waals surface area contributed by atoms with E-state index in [0.717, 1.165) is 25.1 Å². The number of methoxy groups -OCH3 is 1. The Labute approximate surface area is 106 Å². The third-order valence-corrected chi connectivity index (χ3v) is 3.01. The van der Waals surface area contributed by atoms with Gasteiger partial charge >= 0.3 is 0 Å². The molecule has 2 rings (SSSR count). The third kappa shape index (κ3) is 3.12. The number of rotatable bonds is 3. The summed E-state index contributed by atoms with van der Waals surface area (Å²) in [5.41, 5.74) is 0.721. The molecule has 1 aromatic rings. The summed E-state index contributed by atoms with van der Waals surface area (Å²) >= 11 is 0. The molecule has 1 aliphatic rings. The predicted octanol–water partition coefficient (Wildman–Crippen LogP) is 1.91. The first kappa shape index (κ1) is 12.7. The van der Waals surface area contributed by atoms with E-state index in [9.17, 15) is 9.18 Å². The summed E-state index contributed by atoms with van der Waals surface area (Å²) < 4.78 is 18.2. The minimum atomic E-state index is -0.337. The highest BCUT2D eigenvalue weighted by atomic mass is 19.1. The maximum Gasteiger partial charge on any atom is 0.222 e. The Morgan fingerprint density at radius 3 is 3.11 bits per heavy atom. The van der Waals surface area contributed by atoms with Crippen molar-refractivity contribution in [2.75, 3.05) is 19.0 Å². The van der Waals surface area contributed by atoms with Crippen LogP contribution in [0, 0.1) is 5.82 Å². The van der Waals surface area contributed by atoms with Crippen molar-refractivity contribution >= 4 is 11.6 Å². The highest BCUT2D eigenvalue weighted by molar-refractivity contribution is 5.77. The van der Waals surface area contributed by atoms with Gasteiger partial charge in [0.25, 0.3) is 0 Å². The van der Waals surface area contributed by atoms with Crippen LogP contribution < -0.4 is 15.4 Å². The zero-order valence-corrected chi connectivity index (χ0v) is 10.3. The van der Waals surface area contributed by atoms with E-state index >= 15 is 0 Å². The number of nitrogens with one attached hydrogen (secondary N) is 2. The van der Waals surface area contributed by atoms with Gasteiger partial charge < -0.3 is 15.4 Å². The van der Waals surface area contributed by atoms with Gasteiger partial charge in [0.1, 0.15) is 11.6 Å². The highest BCUT2D eigenvalue weighted by Crippen LogP contribution is 2.27. The van der Waals surface area contributed by atoms with Gasteiger partial charge in [0.15, 0.2) is 0 Å². The van der Waals surface area contributed by atoms with E-state index in [2.05, 4.69) is 10.6 Å². The minimum Gasteiger partial charge on any atom is -0.494 e. The Balaban J connectivity index is 2.10. The second-order valence-corrected chi connectivity index (χ2v) is 4.38. The van der Waals surface area contributed by atoms with Gasteiger partial charge in [-0.25, -0.2) is 4.39 Å². The minimum absolute atomic E-state index is 0.0473. The molecule has 0 bridgehead atoms. The van der Waals surface area contributed by atoms with Crippen LogP contribution in [0.25, 0.3) is 0 Å². The Kier molecular flexibility index (Phi) is 4.02. The molecule has 0 saturated carbocycles. The summed E-state index contributed by atoms with van der Waals surface area (Å²) in [5.74, 6) is 0.168.